The van der Waals surface area contributed by atoms with Crippen LogP contribution in [-0.2, 0) is 6.67 Å². The molecule has 6 nitrogen and oxygen atoms in total. The van der Waals surface area contributed by atoms with Crippen molar-refractivity contribution in [1.29, 1.82) is 5.26 Å². The molecule has 7 heteroatoms. The highest BCUT2D eigenvalue weighted by atomic mass is 35.5. The average Bonchev–Trinajstić information content (AvgIpc) is 3.05. The smallest absolute Gasteiger partial charge is 0.121 e. The number of ether oxygens (including phenoxy) is 1. The average molecular weight is 346 g/mol. The van der Waals surface area contributed by atoms with E-state index in [1.165, 1.54) is 0 Å². The molecule has 0 radical (unpaired) electrons. The fourth-order valence-electron chi connectivity index (χ4n) is 3.11. The number of benzene rings is 1. The van der Waals surface area contributed by atoms with Crippen molar-refractivity contribution >= 4 is 11.6 Å². The fourth-order valence-corrected chi connectivity index (χ4v) is 3.32. The van der Waals surface area contributed by atoms with Crippen molar-refractivity contribution < 1.29 is 4.74 Å². The lowest BCUT2D eigenvalue weighted by atomic mass is 9.85. The number of aromatic nitrogens is 2. The molecule has 1 aromatic carbocycles. The summed E-state index contributed by atoms with van der Waals surface area (Å²) >= 11 is 6.05. The molecule has 2 aromatic rings. The second-order valence-corrected chi connectivity index (χ2v) is 6.39. The highest BCUT2D eigenvalue weighted by Gasteiger charge is 2.25. The first kappa shape index (κ1) is 16.8. The minimum Gasteiger partial charge on any atom is -0.490 e. The molecule has 1 fully saturated rings. The van der Waals surface area contributed by atoms with Gasteiger partial charge in [0.05, 0.1) is 22.4 Å². The maximum absolute atomic E-state index is 8.91. The maximum Gasteiger partial charge on any atom is 0.121 e. The van der Waals surface area contributed by atoms with Crippen molar-refractivity contribution in [3.8, 4) is 11.8 Å². The van der Waals surface area contributed by atoms with Gasteiger partial charge >= 0.3 is 0 Å². The van der Waals surface area contributed by atoms with E-state index in [9.17, 15) is 0 Å². The molecule has 0 aliphatic heterocycles. The van der Waals surface area contributed by atoms with Gasteiger partial charge < -0.3 is 4.74 Å². The predicted molar refractivity (Wildman–Crippen MR) is 91.3 cm³/mol. The maximum atomic E-state index is 8.91. The van der Waals surface area contributed by atoms with E-state index in [1.54, 1.807) is 22.9 Å². The standard InChI is InChI=1S/C17H20ClN5O/c18-16-9-15(6-3-13(16)10-19)24-14-4-1-12(2-5-14)17-7-8-23(22-17)11-21-20/h3,6-9,12,14,21H,1-2,4-5,11,20H2. The molecule has 0 unspecified atom stereocenters. The molecule has 0 bridgehead atoms. The summed E-state index contributed by atoms with van der Waals surface area (Å²) in [6, 6.07) is 9.33. The van der Waals surface area contributed by atoms with Crippen LogP contribution in [0.2, 0.25) is 5.02 Å². The van der Waals surface area contributed by atoms with Crippen LogP contribution in [0.5, 0.6) is 5.75 Å². The predicted octanol–water partition coefficient (Wildman–Crippen LogP) is 2.93. The van der Waals surface area contributed by atoms with E-state index in [0.29, 0.717) is 23.2 Å². The van der Waals surface area contributed by atoms with Crippen molar-refractivity contribution in [2.75, 3.05) is 0 Å². The van der Waals surface area contributed by atoms with E-state index in [0.717, 1.165) is 37.1 Å². The number of hydrogen-bond acceptors (Lipinski definition) is 5. The van der Waals surface area contributed by atoms with Crippen molar-refractivity contribution in [1.82, 2.24) is 15.2 Å². The van der Waals surface area contributed by atoms with E-state index in [2.05, 4.69) is 22.7 Å². The zero-order chi connectivity index (χ0) is 16.9. The summed E-state index contributed by atoms with van der Waals surface area (Å²) < 4.78 is 7.82. The molecule has 1 saturated carbocycles. The van der Waals surface area contributed by atoms with Gasteiger partial charge in [0, 0.05) is 18.2 Å². The van der Waals surface area contributed by atoms with Crippen molar-refractivity contribution in [3.05, 3.63) is 46.7 Å². The number of nitriles is 1. The number of rotatable bonds is 5. The largest absolute Gasteiger partial charge is 0.490 e. The number of halogens is 1. The lowest BCUT2D eigenvalue weighted by Crippen LogP contribution is -2.26. The second kappa shape index (κ2) is 7.67. The molecule has 1 aliphatic rings. The van der Waals surface area contributed by atoms with Gasteiger partial charge in [0.15, 0.2) is 0 Å². The Kier molecular flexibility index (Phi) is 5.36. The van der Waals surface area contributed by atoms with E-state index in [-0.39, 0.29) is 6.10 Å². The molecule has 0 atom stereocenters. The Bertz CT molecular complexity index is 731. The van der Waals surface area contributed by atoms with Crippen LogP contribution in [0.15, 0.2) is 30.5 Å². The Morgan fingerprint density at radius 1 is 1.33 bits per heavy atom. The number of nitrogens with two attached hydrogens (primary N) is 1. The monoisotopic (exact) mass is 345 g/mol. The zero-order valence-electron chi connectivity index (χ0n) is 13.3. The first-order valence-corrected chi connectivity index (χ1v) is 8.40. The summed E-state index contributed by atoms with van der Waals surface area (Å²) in [5.41, 5.74) is 4.18. The lowest BCUT2D eigenvalue weighted by Gasteiger charge is -2.28. The quantitative estimate of drug-likeness (QED) is 0.642. The van der Waals surface area contributed by atoms with Crippen LogP contribution in [0.1, 0.15) is 42.9 Å². The van der Waals surface area contributed by atoms with Gasteiger partial charge in [-0.15, -0.1) is 0 Å². The van der Waals surface area contributed by atoms with Crippen molar-refractivity contribution in [3.63, 3.8) is 0 Å². The Hall–Kier alpha value is -2.07. The van der Waals surface area contributed by atoms with Gasteiger partial charge in [-0.05, 0) is 43.9 Å². The van der Waals surface area contributed by atoms with Gasteiger partial charge in [-0.2, -0.15) is 10.4 Å². The Morgan fingerprint density at radius 3 is 2.79 bits per heavy atom. The summed E-state index contributed by atoms with van der Waals surface area (Å²) in [6.45, 7) is 0.512. The van der Waals surface area contributed by atoms with Gasteiger partial charge in [-0.3, -0.25) is 10.5 Å². The molecule has 0 saturated heterocycles. The van der Waals surface area contributed by atoms with Gasteiger partial charge in [0.1, 0.15) is 18.5 Å². The Labute approximate surface area is 146 Å². The Balaban J connectivity index is 1.55. The third kappa shape index (κ3) is 3.88. The molecule has 1 aliphatic carbocycles. The topological polar surface area (TPSA) is 88.9 Å². The van der Waals surface area contributed by atoms with Crippen LogP contribution in [0.3, 0.4) is 0 Å². The molecule has 0 spiro atoms. The lowest BCUT2D eigenvalue weighted by molar-refractivity contribution is 0.145. The Morgan fingerprint density at radius 2 is 2.12 bits per heavy atom. The second-order valence-electron chi connectivity index (χ2n) is 5.99. The number of hydrogen-bond donors (Lipinski definition) is 2. The van der Waals surface area contributed by atoms with Gasteiger partial charge in [0.2, 0.25) is 0 Å². The summed E-state index contributed by atoms with van der Waals surface area (Å²) in [4.78, 5) is 0. The third-order valence-corrected chi connectivity index (χ3v) is 4.68. The summed E-state index contributed by atoms with van der Waals surface area (Å²) in [5, 5.41) is 13.9. The van der Waals surface area contributed by atoms with Crippen LogP contribution < -0.4 is 16.0 Å². The fraction of sp³-hybridized carbons (Fsp3) is 0.412. The van der Waals surface area contributed by atoms with E-state index >= 15 is 0 Å². The van der Waals surface area contributed by atoms with Crippen LogP contribution in [-0.4, -0.2) is 15.9 Å². The van der Waals surface area contributed by atoms with Crippen LogP contribution in [0.4, 0.5) is 0 Å². The van der Waals surface area contributed by atoms with Gasteiger partial charge in [-0.25, -0.2) is 5.43 Å². The van der Waals surface area contributed by atoms with Crippen molar-refractivity contribution in [2.45, 2.75) is 44.4 Å². The number of nitrogens with zero attached hydrogens (tertiary/aromatic N) is 3. The first-order chi connectivity index (χ1) is 11.7. The first-order valence-electron chi connectivity index (χ1n) is 8.02. The molecular weight excluding hydrogens is 326 g/mol. The molecule has 24 heavy (non-hydrogen) atoms. The molecule has 1 heterocycles. The van der Waals surface area contributed by atoms with E-state index in [1.807, 2.05) is 6.20 Å². The highest BCUT2D eigenvalue weighted by molar-refractivity contribution is 6.31. The van der Waals surface area contributed by atoms with Gasteiger partial charge in [0.25, 0.3) is 0 Å². The van der Waals surface area contributed by atoms with Crippen molar-refractivity contribution in [2.24, 2.45) is 5.84 Å². The molecule has 1 aromatic heterocycles. The van der Waals surface area contributed by atoms with E-state index < -0.39 is 0 Å². The van der Waals surface area contributed by atoms with Crippen LogP contribution in [0, 0.1) is 11.3 Å². The number of nitrogens with one attached hydrogen (secondary N) is 1. The molecule has 3 rings (SSSR count). The summed E-state index contributed by atoms with van der Waals surface area (Å²) in [5.74, 6) is 6.50. The van der Waals surface area contributed by atoms with Crippen LogP contribution >= 0.6 is 11.6 Å². The normalized spacial score (nSPS) is 20.5. The van der Waals surface area contributed by atoms with E-state index in [4.69, 9.17) is 27.4 Å². The molecule has 0 amide bonds. The van der Waals surface area contributed by atoms with Gasteiger partial charge in [-0.1, -0.05) is 11.6 Å². The SMILES string of the molecule is N#Cc1ccc(OC2CCC(c3ccn(CNN)n3)CC2)cc1Cl. The minimum absolute atomic E-state index is 0.179. The third-order valence-electron chi connectivity index (χ3n) is 4.37. The number of hydrazine groups is 1. The summed E-state index contributed by atoms with van der Waals surface area (Å²) in [6.07, 6.45) is 6.16. The highest BCUT2D eigenvalue weighted by Crippen LogP contribution is 2.34. The van der Waals surface area contributed by atoms with Crippen LogP contribution in [0.25, 0.3) is 0 Å². The zero-order valence-corrected chi connectivity index (χ0v) is 14.0. The molecule has 126 valence electrons. The minimum atomic E-state index is 0.179. The summed E-state index contributed by atoms with van der Waals surface area (Å²) in [7, 11) is 0. The molecule has 3 N–H and O–H groups in total. The molecular formula is C17H20ClN5O.